The van der Waals surface area contributed by atoms with Crippen LogP contribution in [0.1, 0.15) is 41.5 Å². The molecule has 3 heterocycles. The Hall–Kier alpha value is -3.75. The molecule has 3 aromatic heterocycles. The molecule has 152 valence electrons. The molecular weight excluding hydrogens is 382 g/mol. The quantitative estimate of drug-likeness (QED) is 0.473. The van der Waals surface area contributed by atoms with Crippen LogP contribution >= 0.6 is 0 Å². The number of nitrogens with one attached hydrogen (secondary N) is 3. The summed E-state index contributed by atoms with van der Waals surface area (Å²) in [6.45, 7) is 3.70. The highest BCUT2D eigenvalue weighted by molar-refractivity contribution is 5.93. The molecule has 1 fully saturated rings. The predicted octanol–water partition coefficient (Wildman–Crippen LogP) is 2.48. The molecular formula is C21H21N7O2. The van der Waals surface area contributed by atoms with E-state index < -0.39 is 0 Å². The zero-order chi connectivity index (χ0) is 20.8. The number of hydrogen-bond donors (Lipinski definition) is 3. The number of anilines is 1. The molecule has 9 heteroatoms. The highest BCUT2D eigenvalue weighted by atomic mass is 16.1. The Kier molecular flexibility index (Phi) is 4.23. The summed E-state index contributed by atoms with van der Waals surface area (Å²) in [5.41, 5.74) is 4.14. The molecule has 0 spiro atoms. The van der Waals surface area contributed by atoms with Crippen molar-refractivity contribution in [3.05, 3.63) is 63.5 Å². The summed E-state index contributed by atoms with van der Waals surface area (Å²) in [6, 6.07) is 8.92. The molecule has 0 bridgehead atoms. The van der Waals surface area contributed by atoms with Gasteiger partial charge in [-0.3, -0.25) is 19.8 Å². The summed E-state index contributed by atoms with van der Waals surface area (Å²) in [5, 5.41) is 12.9. The average molecular weight is 403 g/mol. The van der Waals surface area contributed by atoms with Crippen molar-refractivity contribution in [3.63, 3.8) is 0 Å². The predicted molar refractivity (Wildman–Crippen MR) is 111 cm³/mol. The number of hydrogen-bond acceptors (Lipinski definition) is 5. The summed E-state index contributed by atoms with van der Waals surface area (Å²) in [6.07, 6.45) is 2.46. The van der Waals surface area contributed by atoms with Crippen LogP contribution in [0, 0.1) is 13.8 Å². The topological polar surface area (TPSA) is 121 Å². The van der Waals surface area contributed by atoms with Gasteiger partial charge in [0.2, 0.25) is 5.91 Å². The minimum Gasteiger partial charge on any atom is -0.326 e. The van der Waals surface area contributed by atoms with Crippen LogP contribution in [-0.4, -0.2) is 35.7 Å². The van der Waals surface area contributed by atoms with E-state index in [-0.39, 0.29) is 17.9 Å². The van der Waals surface area contributed by atoms with Gasteiger partial charge in [0.1, 0.15) is 5.82 Å². The van der Waals surface area contributed by atoms with E-state index >= 15 is 0 Å². The van der Waals surface area contributed by atoms with Crippen LogP contribution < -0.4 is 10.9 Å². The van der Waals surface area contributed by atoms with Crippen molar-refractivity contribution in [2.75, 3.05) is 5.32 Å². The molecule has 4 aromatic rings. The minimum absolute atomic E-state index is 0.150. The molecule has 1 aliphatic rings. The fourth-order valence-electron chi connectivity index (χ4n) is 3.66. The number of aromatic amines is 2. The number of aryl methyl sites for hydroxylation is 2. The largest absolute Gasteiger partial charge is 0.326 e. The third-order valence-corrected chi connectivity index (χ3v) is 5.41. The van der Waals surface area contributed by atoms with Crippen molar-refractivity contribution in [1.29, 1.82) is 0 Å². The molecule has 1 aromatic carbocycles. The van der Waals surface area contributed by atoms with Crippen molar-refractivity contribution in [3.8, 4) is 11.4 Å². The highest BCUT2D eigenvalue weighted by Gasteiger charge is 2.27. The fraction of sp³-hybridized carbons (Fsp3) is 0.286. The smallest absolute Gasteiger partial charge is 0.266 e. The Balaban J connectivity index is 1.35. The number of benzene rings is 1. The fourth-order valence-corrected chi connectivity index (χ4v) is 3.66. The first-order valence-corrected chi connectivity index (χ1v) is 9.88. The number of H-pyrrole nitrogens is 2. The molecule has 5 rings (SSSR count). The zero-order valence-corrected chi connectivity index (χ0v) is 16.7. The number of amides is 1. The van der Waals surface area contributed by atoms with E-state index in [1.165, 1.54) is 6.07 Å². The molecule has 3 N–H and O–H groups in total. The standard InChI is InChI=1S/C21H21N7O2/c1-11-16(12(2)28-17(22-11)10-19(30)27-28)9-18(29)23-15-5-3-4-14(8-15)21-24-20(25-26-21)13-6-7-13/h3-5,8,10,13H,6-7,9H2,1-2H3,(H,23,29)(H,27,30)(H,24,25,26). The van der Waals surface area contributed by atoms with Crippen LogP contribution in [0.5, 0.6) is 0 Å². The van der Waals surface area contributed by atoms with Crippen LogP contribution in [0.3, 0.4) is 0 Å². The van der Waals surface area contributed by atoms with Gasteiger partial charge in [-0.25, -0.2) is 14.5 Å². The Morgan fingerprint density at radius 2 is 2.07 bits per heavy atom. The summed E-state index contributed by atoms with van der Waals surface area (Å²) in [5.74, 6) is 1.90. The van der Waals surface area contributed by atoms with Gasteiger partial charge in [0, 0.05) is 40.2 Å². The Morgan fingerprint density at radius 1 is 1.23 bits per heavy atom. The second-order valence-electron chi connectivity index (χ2n) is 7.70. The lowest BCUT2D eigenvalue weighted by atomic mass is 10.1. The SMILES string of the molecule is Cc1nc2cc(=O)[nH]n2c(C)c1CC(=O)Nc1cccc(-c2n[nH]c(C3CC3)n2)c1. The van der Waals surface area contributed by atoms with Crippen LogP contribution in [-0.2, 0) is 11.2 Å². The maximum atomic E-state index is 12.7. The van der Waals surface area contributed by atoms with Crippen LogP contribution in [0.4, 0.5) is 5.69 Å². The van der Waals surface area contributed by atoms with E-state index in [2.05, 4.69) is 30.6 Å². The maximum absolute atomic E-state index is 12.7. The molecule has 1 saturated carbocycles. The number of rotatable bonds is 5. The van der Waals surface area contributed by atoms with Gasteiger partial charge >= 0.3 is 0 Å². The van der Waals surface area contributed by atoms with Gasteiger partial charge in [-0.15, -0.1) is 0 Å². The normalized spacial score (nSPS) is 13.7. The number of fused-ring (bicyclic) bond motifs is 1. The van der Waals surface area contributed by atoms with Crippen molar-refractivity contribution in [1.82, 2.24) is 29.8 Å². The molecule has 0 saturated heterocycles. The van der Waals surface area contributed by atoms with E-state index in [0.717, 1.165) is 41.2 Å². The lowest BCUT2D eigenvalue weighted by Crippen LogP contribution is -2.18. The lowest BCUT2D eigenvalue weighted by Gasteiger charge is -2.12. The average Bonchev–Trinajstić information content (AvgIpc) is 3.32. The van der Waals surface area contributed by atoms with Crippen molar-refractivity contribution >= 4 is 17.2 Å². The van der Waals surface area contributed by atoms with Crippen molar-refractivity contribution in [2.45, 2.75) is 39.0 Å². The molecule has 0 unspecified atom stereocenters. The van der Waals surface area contributed by atoms with Crippen molar-refractivity contribution < 1.29 is 4.79 Å². The van der Waals surface area contributed by atoms with Crippen LogP contribution in [0.2, 0.25) is 0 Å². The number of nitrogens with zero attached hydrogens (tertiary/aromatic N) is 4. The second-order valence-corrected chi connectivity index (χ2v) is 7.70. The van der Waals surface area contributed by atoms with Gasteiger partial charge in [0.15, 0.2) is 11.5 Å². The number of carbonyl (C=O) groups is 1. The third kappa shape index (κ3) is 3.38. The summed E-state index contributed by atoms with van der Waals surface area (Å²) in [7, 11) is 0. The third-order valence-electron chi connectivity index (χ3n) is 5.41. The van der Waals surface area contributed by atoms with Gasteiger partial charge in [-0.1, -0.05) is 12.1 Å². The van der Waals surface area contributed by atoms with E-state index in [1.807, 2.05) is 38.1 Å². The highest BCUT2D eigenvalue weighted by Crippen LogP contribution is 2.38. The first kappa shape index (κ1) is 18.3. The number of carbonyl (C=O) groups excluding carboxylic acids is 1. The van der Waals surface area contributed by atoms with Gasteiger partial charge < -0.3 is 5.32 Å². The molecule has 1 aliphatic carbocycles. The lowest BCUT2D eigenvalue weighted by molar-refractivity contribution is -0.115. The molecule has 0 atom stereocenters. The van der Waals surface area contributed by atoms with Gasteiger partial charge in [0.25, 0.3) is 5.56 Å². The molecule has 9 nitrogen and oxygen atoms in total. The first-order chi connectivity index (χ1) is 14.5. The Morgan fingerprint density at radius 3 is 2.87 bits per heavy atom. The van der Waals surface area contributed by atoms with E-state index in [9.17, 15) is 9.59 Å². The van der Waals surface area contributed by atoms with E-state index in [0.29, 0.717) is 23.1 Å². The Labute approximate surface area is 171 Å². The second kappa shape index (κ2) is 6.94. The number of aromatic nitrogens is 6. The zero-order valence-electron chi connectivity index (χ0n) is 16.7. The van der Waals surface area contributed by atoms with Crippen molar-refractivity contribution in [2.24, 2.45) is 0 Å². The molecule has 30 heavy (non-hydrogen) atoms. The first-order valence-electron chi connectivity index (χ1n) is 9.88. The van der Waals surface area contributed by atoms with E-state index in [4.69, 9.17) is 0 Å². The summed E-state index contributed by atoms with van der Waals surface area (Å²) >= 11 is 0. The molecule has 1 amide bonds. The van der Waals surface area contributed by atoms with Crippen LogP contribution in [0.15, 0.2) is 35.1 Å². The Bertz CT molecular complexity index is 1330. The maximum Gasteiger partial charge on any atom is 0.266 e. The summed E-state index contributed by atoms with van der Waals surface area (Å²) in [4.78, 5) is 33.3. The van der Waals surface area contributed by atoms with Gasteiger partial charge in [-0.05, 0) is 38.8 Å². The van der Waals surface area contributed by atoms with E-state index in [1.54, 1.807) is 4.52 Å². The minimum atomic E-state index is -0.222. The molecule has 0 radical (unpaired) electrons. The monoisotopic (exact) mass is 403 g/mol. The molecule has 0 aliphatic heterocycles. The van der Waals surface area contributed by atoms with Gasteiger partial charge in [0.05, 0.1) is 6.42 Å². The summed E-state index contributed by atoms with van der Waals surface area (Å²) < 4.78 is 1.61. The van der Waals surface area contributed by atoms with Gasteiger partial charge in [-0.2, -0.15) is 5.10 Å². The van der Waals surface area contributed by atoms with Crippen LogP contribution in [0.25, 0.3) is 17.0 Å².